The number of anilines is 1. The molecule has 0 saturated heterocycles. The number of rotatable bonds is 8. The standard InChI is InChI=1S/C26H26ClN3O3/c1-17-9-10-22(13-25(17)27)30-19(3)24(18(2)29-30)14-26(31)28-21-7-4-6-20(12-21)15-32-16-23-8-5-11-33-23/h4-13H,14-16H2,1-3H3,(H,28,31). The van der Waals surface area contributed by atoms with E-state index in [1.807, 2.05) is 80.1 Å². The quantitative estimate of drug-likeness (QED) is 0.351. The van der Waals surface area contributed by atoms with Gasteiger partial charge in [0.1, 0.15) is 12.4 Å². The van der Waals surface area contributed by atoms with E-state index < -0.39 is 0 Å². The summed E-state index contributed by atoms with van der Waals surface area (Å²) in [6, 6.07) is 17.2. The van der Waals surface area contributed by atoms with E-state index in [-0.39, 0.29) is 12.3 Å². The van der Waals surface area contributed by atoms with E-state index >= 15 is 0 Å². The molecule has 4 aromatic rings. The highest BCUT2D eigenvalue weighted by molar-refractivity contribution is 6.31. The first-order valence-electron chi connectivity index (χ1n) is 10.7. The number of amides is 1. The van der Waals surface area contributed by atoms with Gasteiger partial charge in [0.05, 0.1) is 30.7 Å². The number of ether oxygens (including phenoxy) is 1. The first-order valence-corrected chi connectivity index (χ1v) is 11.1. The van der Waals surface area contributed by atoms with Crippen LogP contribution in [-0.4, -0.2) is 15.7 Å². The summed E-state index contributed by atoms with van der Waals surface area (Å²) in [6.07, 6.45) is 1.86. The van der Waals surface area contributed by atoms with Crippen molar-refractivity contribution in [3.63, 3.8) is 0 Å². The van der Waals surface area contributed by atoms with Gasteiger partial charge in [0.15, 0.2) is 0 Å². The van der Waals surface area contributed by atoms with Gasteiger partial charge in [-0.05, 0) is 68.3 Å². The zero-order valence-corrected chi connectivity index (χ0v) is 19.6. The van der Waals surface area contributed by atoms with Crippen LogP contribution in [0.3, 0.4) is 0 Å². The number of benzene rings is 2. The van der Waals surface area contributed by atoms with E-state index in [0.717, 1.165) is 45.2 Å². The predicted octanol–water partition coefficient (Wildman–Crippen LogP) is 5.94. The van der Waals surface area contributed by atoms with E-state index in [1.165, 1.54) is 0 Å². The Bertz CT molecular complexity index is 1260. The van der Waals surface area contributed by atoms with E-state index in [1.54, 1.807) is 6.26 Å². The monoisotopic (exact) mass is 463 g/mol. The fourth-order valence-corrected chi connectivity index (χ4v) is 3.84. The van der Waals surface area contributed by atoms with Crippen LogP contribution in [0.1, 0.15) is 33.8 Å². The lowest BCUT2D eigenvalue weighted by Crippen LogP contribution is -2.15. The maximum atomic E-state index is 12.8. The number of aromatic nitrogens is 2. The Morgan fingerprint density at radius 1 is 1.09 bits per heavy atom. The molecule has 2 aromatic heterocycles. The maximum absolute atomic E-state index is 12.8. The van der Waals surface area contributed by atoms with E-state index in [4.69, 9.17) is 20.8 Å². The van der Waals surface area contributed by atoms with Crippen molar-refractivity contribution in [2.45, 2.75) is 40.4 Å². The number of hydrogen-bond acceptors (Lipinski definition) is 4. The molecular weight excluding hydrogens is 438 g/mol. The highest BCUT2D eigenvalue weighted by Crippen LogP contribution is 2.23. The lowest BCUT2D eigenvalue weighted by Gasteiger charge is -2.09. The minimum atomic E-state index is -0.101. The van der Waals surface area contributed by atoms with Crippen molar-refractivity contribution >= 4 is 23.2 Å². The number of halogens is 1. The van der Waals surface area contributed by atoms with Gasteiger partial charge in [-0.15, -0.1) is 0 Å². The Morgan fingerprint density at radius 2 is 1.94 bits per heavy atom. The summed E-state index contributed by atoms with van der Waals surface area (Å²) in [6.45, 7) is 6.67. The van der Waals surface area contributed by atoms with Gasteiger partial charge in [-0.3, -0.25) is 4.79 Å². The molecule has 0 unspecified atom stereocenters. The summed E-state index contributed by atoms with van der Waals surface area (Å²) >= 11 is 6.29. The molecule has 0 spiro atoms. The second-order valence-electron chi connectivity index (χ2n) is 7.99. The summed E-state index contributed by atoms with van der Waals surface area (Å²) in [5, 5.41) is 8.31. The molecule has 0 radical (unpaired) electrons. The smallest absolute Gasteiger partial charge is 0.228 e. The zero-order valence-electron chi connectivity index (χ0n) is 18.9. The Kier molecular flexibility index (Phi) is 6.96. The van der Waals surface area contributed by atoms with Crippen LogP contribution in [0.5, 0.6) is 0 Å². The van der Waals surface area contributed by atoms with Crippen LogP contribution < -0.4 is 5.32 Å². The molecule has 2 aromatic carbocycles. The van der Waals surface area contributed by atoms with Gasteiger partial charge in [0, 0.05) is 22.0 Å². The molecule has 0 fully saturated rings. The summed E-state index contributed by atoms with van der Waals surface area (Å²) < 4.78 is 12.8. The van der Waals surface area contributed by atoms with E-state index in [9.17, 15) is 4.79 Å². The summed E-state index contributed by atoms with van der Waals surface area (Å²) in [5.74, 6) is 0.676. The van der Waals surface area contributed by atoms with Gasteiger partial charge in [-0.1, -0.05) is 29.8 Å². The molecule has 0 aliphatic rings. The topological polar surface area (TPSA) is 69.3 Å². The molecule has 170 valence electrons. The lowest BCUT2D eigenvalue weighted by molar-refractivity contribution is -0.115. The minimum Gasteiger partial charge on any atom is -0.467 e. The van der Waals surface area contributed by atoms with Crippen LogP contribution in [-0.2, 0) is 29.2 Å². The molecule has 0 aliphatic heterocycles. The van der Waals surface area contributed by atoms with Crippen LogP contribution in [0.2, 0.25) is 5.02 Å². The second kappa shape index (κ2) is 10.1. The largest absolute Gasteiger partial charge is 0.467 e. The summed E-state index contributed by atoms with van der Waals surface area (Å²) in [7, 11) is 0. The summed E-state index contributed by atoms with van der Waals surface area (Å²) in [5.41, 5.74) is 6.22. The summed E-state index contributed by atoms with van der Waals surface area (Å²) in [4.78, 5) is 12.8. The van der Waals surface area contributed by atoms with Crippen molar-refractivity contribution in [1.82, 2.24) is 9.78 Å². The Labute approximate surface area is 198 Å². The molecular formula is C26H26ClN3O3. The molecule has 4 rings (SSSR count). The van der Waals surface area contributed by atoms with Crippen LogP contribution in [0.15, 0.2) is 65.3 Å². The molecule has 0 saturated carbocycles. The first-order chi connectivity index (χ1) is 15.9. The molecule has 33 heavy (non-hydrogen) atoms. The van der Waals surface area contributed by atoms with Crippen LogP contribution in [0, 0.1) is 20.8 Å². The third-order valence-electron chi connectivity index (χ3n) is 5.48. The number of nitrogens with zero attached hydrogens (tertiary/aromatic N) is 2. The Balaban J connectivity index is 1.40. The van der Waals surface area contributed by atoms with E-state index in [2.05, 4.69) is 10.4 Å². The van der Waals surface area contributed by atoms with Crippen molar-refractivity contribution in [2.75, 3.05) is 5.32 Å². The van der Waals surface area contributed by atoms with Gasteiger partial charge in [0.25, 0.3) is 0 Å². The maximum Gasteiger partial charge on any atom is 0.228 e. The van der Waals surface area contributed by atoms with Crippen LogP contribution in [0.25, 0.3) is 5.69 Å². The van der Waals surface area contributed by atoms with Crippen molar-refractivity contribution in [2.24, 2.45) is 0 Å². The average Bonchev–Trinajstić information content (AvgIpc) is 3.40. The number of hydrogen-bond donors (Lipinski definition) is 1. The molecule has 1 N–H and O–H groups in total. The average molecular weight is 464 g/mol. The molecule has 1 amide bonds. The minimum absolute atomic E-state index is 0.101. The fourth-order valence-electron chi connectivity index (χ4n) is 3.66. The van der Waals surface area contributed by atoms with Gasteiger partial charge < -0.3 is 14.5 Å². The Morgan fingerprint density at radius 3 is 2.70 bits per heavy atom. The third-order valence-corrected chi connectivity index (χ3v) is 5.89. The van der Waals surface area contributed by atoms with Crippen molar-refractivity contribution in [1.29, 1.82) is 0 Å². The predicted molar refractivity (Wildman–Crippen MR) is 129 cm³/mol. The molecule has 6 nitrogen and oxygen atoms in total. The molecule has 0 atom stereocenters. The van der Waals surface area contributed by atoms with Crippen LogP contribution >= 0.6 is 11.6 Å². The fraction of sp³-hybridized carbons (Fsp3) is 0.231. The van der Waals surface area contributed by atoms with Gasteiger partial charge >= 0.3 is 0 Å². The number of nitrogens with one attached hydrogen (secondary N) is 1. The van der Waals surface area contributed by atoms with Gasteiger partial charge in [-0.25, -0.2) is 4.68 Å². The highest BCUT2D eigenvalue weighted by Gasteiger charge is 2.16. The first kappa shape index (κ1) is 22.8. The van der Waals surface area contributed by atoms with Crippen LogP contribution in [0.4, 0.5) is 5.69 Å². The lowest BCUT2D eigenvalue weighted by atomic mass is 10.1. The number of carbonyl (C=O) groups excluding carboxylic acids is 1. The van der Waals surface area contributed by atoms with Crippen molar-refractivity contribution in [3.05, 3.63) is 99.7 Å². The van der Waals surface area contributed by atoms with E-state index in [0.29, 0.717) is 18.2 Å². The van der Waals surface area contributed by atoms with Gasteiger partial charge in [-0.2, -0.15) is 5.10 Å². The highest BCUT2D eigenvalue weighted by atomic mass is 35.5. The number of aryl methyl sites for hydroxylation is 2. The van der Waals surface area contributed by atoms with Crippen molar-refractivity contribution < 1.29 is 13.9 Å². The van der Waals surface area contributed by atoms with Crippen molar-refractivity contribution in [3.8, 4) is 5.69 Å². The van der Waals surface area contributed by atoms with Gasteiger partial charge in [0.2, 0.25) is 5.91 Å². The zero-order chi connectivity index (χ0) is 23.4. The molecule has 2 heterocycles. The molecule has 0 aliphatic carbocycles. The third kappa shape index (κ3) is 5.53. The molecule has 0 bridgehead atoms. The number of furan rings is 1. The number of carbonyl (C=O) groups is 1. The Hall–Kier alpha value is -3.35. The normalized spacial score (nSPS) is 11.0. The SMILES string of the molecule is Cc1ccc(-n2nc(C)c(CC(=O)Nc3cccc(COCc4ccco4)c3)c2C)cc1Cl. The second-order valence-corrected chi connectivity index (χ2v) is 8.40. The molecule has 7 heteroatoms.